The number of hydrogen-bond donors (Lipinski definition) is 1. The van der Waals surface area contributed by atoms with Crippen molar-refractivity contribution < 1.29 is 0 Å². The summed E-state index contributed by atoms with van der Waals surface area (Å²) in [5.41, 5.74) is 2.27. The van der Waals surface area contributed by atoms with E-state index in [9.17, 15) is 0 Å². The standard InChI is InChI=1S/C12H19N5/c1-16(2)6-3-4-13-8-11-9-15-17-7-5-14-10-12(11)17/h5,7,9-10,13H,3-4,6,8H2,1-2H3. The monoisotopic (exact) mass is 233 g/mol. The van der Waals surface area contributed by atoms with E-state index >= 15 is 0 Å². The first-order valence-corrected chi connectivity index (χ1v) is 5.89. The van der Waals surface area contributed by atoms with E-state index < -0.39 is 0 Å². The minimum absolute atomic E-state index is 0.850. The molecular formula is C12H19N5. The van der Waals surface area contributed by atoms with E-state index in [1.54, 1.807) is 6.20 Å². The van der Waals surface area contributed by atoms with Gasteiger partial charge >= 0.3 is 0 Å². The lowest BCUT2D eigenvalue weighted by Gasteiger charge is -2.09. The average molecular weight is 233 g/mol. The SMILES string of the molecule is CN(C)CCCNCc1cnn2ccncc12. The molecule has 0 spiro atoms. The van der Waals surface area contributed by atoms with Crippen LogP contribution in [0.2, 0.25) is 0 Å². The van der Waals surface area contributed by atoms with E-state index in [0.717, 1.165) is 31.6 Å². The van der Waals surface area contributed by atoms with E-state index in [4.69, 9.17) is 0 Å². The molecule has 0 unspecified atom stereocenters. The molecule has 0 fully saturated rings. The minimum atomic E-state index is 0.850. The predicted molar refractivity (Wildman–Crippen MR) is 67.9 cm³/mol. The summed E-state index contributed by atoms with van der Waals surface area (Å²) in [4.78, 5) is 6.31. The van der Waals surface area contributed by atoms with Crippen LogP contribution in [-0.4, -0.2) is 46.7 Å². The minimum Gasteiger partial charge on any atom is -0.312 e. The third-order valence-electron chi connectivity index (χ3n) is 2.68. The van der Waals surface area contributed by atoms with Crippen molar-refractivity contribution in [2.75, 3.05) is 27.2 Å². The normalized spacial score (nSPS) is 11.5. The Balaban J connectivity index is 1.83. The van der Waals surface area contributed by atoms with Crippen molar-refractivity contribution in [3.05, 3.63) is 30.4 Å². The van der Waals surface area contributed by atoms with Crippen molar-refractivity contribution in [3.63, 3.8) is 0 Å². The number of rotatable bonds is 6. The molecule has 17 heavy (non-hydrogen) atoms. The zero-order chi connectivity index (χ0) is 12.1. The Morgan fingerprint density at radius 1 is 1.35 bits per heavy atom. The molecule has 92 valence electrons. The molecule has 0 saturated carbocycles. The van der Waals surface area contributed by atoms with Gasteiger partial charge in [0.1, 0.15) is 0 Å². The summed E-state index contributed by atoms with van der Waals surface area (Å²) in [6.07, 6.45) is 8.52. The second kappa shape index (κ2) is 5.75. The summed E-state index contributed by atoms with van der Waals surface area (Å²) >= 11 is 0. The van der Waals surface area contributed by atoms with Crippen LogP contribution >= 0.6 is 0 Å². The summed E-state index contributed by atoms with van der Waals surface area (Å²) in [6, 6.07) is 0. The maximum atomic E-state index is 4.27. The van der Waals surface area contributed by atoms with Crippen LogP contribution < -0.4 is 5.32 Å². The van der Waals surface area contributed by atoms with Gasteiger partial charge in [0.05, 0.1) is 17.9 Å². The molecule has 0 aliphatic carbocycles. The van der Waals surface area contributed by atoms with Gasteiger partial charge in [-0.15, -0.1) is 0 Å². The van der Waals surface area contributed by atoms with Gasteiger partial charge in [-0.25, -0.2) is 4.52 Å². The fourth-order valence-electron chi connectivity index (χ4n) is 1.76. The summed E-state index contributed by atoms with van der Waals surface area (Å²) in [7, 11) is 4.19. The van der Waals surface area contributed by atoms with Crippen LogP contribution in [-0.2, 0) is 6.54 Å². The third-order valence-corrected chi connectivity index (χ3v) is 2.68. The smallest absolute Gasteiger partial charge is 0.0889 e. The highest BCUT2D eigenvalue weighted by Crippen LogP contribution is 2.07. The first-order chi connectivity index (χ1) is 8.27. The summed E-state index contributed by atoms with van der Waals surface area (Å²) in [6.45, 7) is 2.99. The summed E-state index contributed by atoms with van der Waals surface area (Å²) < 4.78 is 1.85. The van der Waals surface area contributed by atoms with Gasteiger partial charge in [0.2, 0.25) is 0 Å². The molecule has 0 aliphatic rings. The lowest BCUT2D eigenvalue weighted by atomic mass is 10.3. The number of fused-ring (bicyclic) bond motifs is 1. The Morgan fingerprint density at radius 2 is 2.24 bits per heavy atom. The molecule has 5 heteroatoms. The third kappa shape index (κ3) is 3.25. The second-order valence-electron chi connectivity index (χ2n) is 4.41. The second-order valence-corrected chi connectivity index (χ2v) is 4.41. The molecule has 2 aromatic rings. The highest BCUT2D eigenvalue weighted by Gasteiger charge is 2.02. The first kappa shape index (κ1) is 12.0. The van der Waals surface area contributed by atoms with Gasteiger partial charge in [-0.2, -0.15) is 5.10 Å². The molecule has 2 heterocycles. The zero-order valence-corrected chi connectivity index (χ0v) is 10.4. The fraction of sp³-hybridized carbons (Fsp3) is 0.500. The molecule has 0 atom stereocenters. The van der Waals surface area contributed by atoms with Gasteiger partial charge < -0.3 is 10.2 Å². The van der Waals surface area contributed by atoms with Crippen molar-refractivity contribution in [1.29, 1.82) is 0 Å². The molecule has 0 saturated heterocycles. The largest absolute Gasteiger partial charge is 0.312 e. The topological polar surface area (TPSA) is 45.5 Å². The first-order valence-electron chi connectivity index (χ1n) is 5.89. The highest BCUT2D eigenvalue weighted by molar-refractivity contribution is 5.51. The van der Waals surface area contributed by atoms with Crippen LogP contribution in [0.15, 0.2) is 24.8 Å². The van der Waals surface area contributed by atoms with Crippen LogP contribution in [0.5, 0.6) is 0 Å². The van der Waals surface area contributed by atoms with Gasteiger partial charge in [0.25, 0.3) is 0 Å². The predicted octanol–water partition coefficient (Wildman–Crippen LogP) is 0.771. The van der Waals surface area contributed by atoms with Crippen molar-refractivity contribution in [3.8, 4) is 0 Å². The van der Waals surface area contributed by atoms with Crippen LogP contribution in [0, 0.1) is 0 Å². The van der Waals surface area contributed by atoms with Gasteiger partial charge in [-0.3, -0.25) is 4.98 Å². The van der Waals surface area contributed by atoms with Crippen LogP contribution in [0.25, 0.3) is 5.52 Å². The molecule has 0 aliphatic heterocycles. The van der Waals surface area contributed by atoms with Crippen molar-refractivity contribution in [1.82, 2.24) is 24.8 Å². The number of nitrogens with zero attached hydrogens (tertiary/aromatic N) is 4. The molecule has 2 aromatic heterocycles. The van der Waals surface area contributed by atoms with Crippen LogP contribution in [0.1, 0.15) is 12.0 Å². The summed E-state index contributed by atoms with van der Waals surface area (Å²) in [5.74, 6) is 0. The quantitative estimate of drug-likeness (QED) is 0.749. The Kier molecular flexibility index (Phi) is 4.06. The molecule has 2 rings (SSSR count). The lowest BCUT2D eigenvalue weighted by molar-refractivity contribution is 0.394. The van der Waals surface area contributed by atoms with E-state index in [2.05, 4.69) is 34.4 Å². The van der Waals surface area contributed by atoms with Crippen LogP contribution in [0.3, 0.4) is 0 Å². The maximum Gasteiger partial charge on any atom is 0.0889 e. The van der Waals surface area contributed by atoms with Crippen molar-refractivity contribution >= 4 is 5.52 Å². The molecule has 5 nitrogen and oxygen atoms in total. The van der Waals surface area contributed by atoms with E-state index in [0.29, 0.717) is 0 Å². The Morgan fingerprint density at radius 3 is 3.06 bits per heavy atom. The molecular weight excluding hydrogens is 214 g/mol. The number of hydrogen-bond acceptors (Lipinski definition) is 4. The molecule has 0 radical (unpaired) electrons. The van der Waals surface area contributed by atoms with Gasteiger partial charge in [0.15, 0.2) is 0 Å². The Bertz CT molecular complexity index is 463. The Hall–Kier alpha value is -1.46. The molecule has 0 aromatic carbocycles. The van der Waals surface area contributed by atoms with E-state index in [1.807, 2.05) is 23.1 Å². The molecule has 1 N–H and O–H groups in total. The van der Waals surface area contributed by atoms with Gasteiger partial charge in [0, 0.05) is 24.5 Å². The van der Waals surface area contributed by atoms with E-state index in [1.165, 1.54) is 5.56 Å². The highest BCUT2D eigenvalue weighted by atomic mass is 15.2. The van der Waals surface area contributed by atoms with Crippen molar-refractivity contribution in [2.24, 2.45) is 0 Å². The van der Waals surface area contributed by atoms with Crippen LogP contribution in [0.4, 0.5) is 0 Å². The molecule has 0 amide bonds. The van der Waals surface area contributed by atoms with Gasteiger partial charge in [-0.1, -0.05) is 0 Å². The van der Waals surface area contributed by atoms with Crippen molar-refractivity contribution in [2.45, 2.75) is 13.0 Å². The lowest BCUT2D eigenvalue weighted by Crippen LogP contribution is -2.20. The number of aromatic nitrogens is 3. The number of nitrogens with one attached hydrogen (secondary N) is 1. The van der Waals surface area contributed by atoms with Gasteiger partial charge in [-0.05, 0) is 33.6 Å². The molecule has 0 bridgehead atoms. The Labute approximate surface area is 101 Å². The average Bonchev–Trinajstić information content (AvgIpc) is 2.72. The maximum absolute atomic E-state index is 4.27. The van der Waals surface area contributed by atoms with E-state index in [-0.39, 0.29) is 0 Å². The summed E-state index contributed by atoms with van der Waals surface area (Å²) in [5, 5.41) is 7.70. The zero-order valence-electron chi connectivity index (χ0n) is 10.4. The fourth-order valence-corrected chi connectivity index (χ4v) is 1.76.